The minimum atomic E-state index is 0.664. The molecule has 0 aliphatic heterocycles. The maximum atomic E-state index is 5.29. The molecule has 0 fully saturated rings. The van der Waals surface area contributed by atoms with Crippen molar-refractivity contribution in [3.63, 3.8) is 0 Å². The lowest BCUT2D eigenvalue weighted by Crippen LogP contribution is -2.30. The summed E-state index contributed by atoms with van der Waals surface area (Å²) in [7, 11) is 3.45. The third-order valence-electron chi connectivity index (χ3n) is 4.62. The van der Waals surface area contributed by atoms with Crippen LogP contribution in [-0.2, 0) is 9.47 Å². The van der Waals surface area contributed by atoms with Gasteiger partial charge in [-0.1, -0.05) is 17.4 Å². The van der Waals surface area contributed by atoms with E-state index in [-0.39, 0.29) is 0 Å². The fourth-order valence-corrected chi connectivity index (χ4v) is 4.32. The molecule has 0 unspecified atom stereocenters. The van der Waals surface area contributed by atoms with Crippen LogP contribution in [0, 0.1) is 20.8 Å². The molecule has 3 aromatic rings. The molecule has 1 N–H and O–H groups in total. The summed E-state index contributed by atoms with van der Waals surface area (Å²) in [6.45, 7) is 9.08. The average molecular weight is 401 g/mol. The van der Waals surface area contributed by atoms with Crippen molar-refractivity contribution in [2.24, 2.45) is 0 Å². The first-order chi connectivity index (χ1) is 13.5. The molecule has 150 valence electrons. The second-order valence-electron chi connectivity index (χ2n) is 6.78. The number of ether oxygens (including phenoxy) is 2. The maximum absolute atomic E-state index is 5.29. The number of methoxy groups -OCH3 is 2. The monoisotopic (exact) mass is 400 g/mol. The Balaban J connectivity index is 1.94. The molecule has 0 saturated carbocycles. The summed E-state index contributed by atoms with van der Waals surface area (Å²) in [6, 6.07) is 8.33. The molecule has 0 aliphatic carbocycles. The Bertz CT molecular complexity index is 910. The van der Waals surface area contributed by atoms with Gasteiger partial charge in [0.15, 0.2) is 5.13 Å². The Kier molecular flexibility index (Phi) is 6.83. The third-order valence-corrected chi connectivity index (χ3v) is 5.63. The van der Waals surface area contributed by atoms with Gasteiger partial charge in [0, 0.05) is 33.0 Å². The van der Waals surface area contributed by atoms with Gasteiger partial charge in [-0.25, -0.2) is 4.98 Å². The molecule has 3 rings (SSSR count). The molecule has 0 atom stereocenters. The van der Waals surface area contributed by atoms with E-state index in [1.165, 1.54) is 5.56 Å². The highest BCUT2D eigenvalue weighted by Crippen LogP contribution is 2.36. The number of nitrogens with one attached hydrogen (secondary N) is 1. The van der Waals surface area contributed by atoms with Gasteiger partial charge in [0.1, 0.15) is 0 Å². The molecule has 2 aromatic heterocycles. The number of thiazole rings is 1. The Hall–Kier alpha value is -2.22. The van der Waals surface area contributed by atoms with Crippen LogP contribution in [0.15, 0.2) is 24.3 Å². The summed E-state index contributed by atoms with van der Waals surface area (Å²) in [5.41, 5.74) is 6.36. The van der Waals surface area contributed by atoms with Crippen LogP contribution in [0.1, 0.15) is 17.0 Å². The van der Waals surface area contributed by atoms with E-state index in [4.69, 9.17) is 14.5 Å². The molecule has 6 nitrogen and oxygen atoms in total. The number of hydrogen-bond donors (Lipinski definition) is 1. The van der Waals surface area contributed by atoms with Crippen LogP contribution in [0.5, 0.6) is 0 Å². The molecule has 0 amide bonds. The molecule has 0 radical (unpaired) electrons. The minimum absolute atomic E-state index is 0.664. The SMILES string of the molecule is COCCN(CCOC)c1cccc2nc(Nc3c(C)cc(C)nc3C)sc12. The number of benzene rings is 1. The molecule has 7 heteroatoms. The molecule has 0 aliphatic rings. The highest BCUT2D eigenvalue weighted by Gasteiger charge is 2.15. The lowest BCUT2D eigenvalue weighted by molar-refractivity contribution is 0.190. The van der Waals surface area contributed by atoms with Crippen molar-refractivity contribution in [3.05, 3.63) is 41.2 Å². The van der Waals surface area contributed by atoms with E-state index in [2.05, 4.69) is 46.4 Å². The fraction of sp³-hybridized carbons (Fsp3) is 0.429. The summed E-state index contributed by atoms with van der Waals surface area (Å²) in [6.07, 6.45) is 0. The van der Waals surface area contributed by atoms with Crippen molar-refractivity contribution in [1.29, 1.82) is 0 Å². The van der Waals surface area contributed by atoms with Gasteiger partial charge < -0.3 is 19.7 Å². The van der Waals surface area contributed by atoms with Crippen LogP contribution in [0.25, 0.3) is 10.2 Å². The zero-order chi connectivity index (χ0) is 20.1. The topological polar surface area (TPSA) is 59.5 Å². The van der Waals surface area contributed by atoms with Crippen molar-refractivity contribution in [1.82, 2.24) is 9.97 Å². The molecule has 0 saturated heterocycles. The van der Waals surface area contributed by atoms with Gasteiger partial charge >= 0.3 is 0 Å². The minimum Gasteiger partial charge on any atom is -0.383 e. The zero-order valence-electron chi connectivity index (χ0n) is 17.2. The molecule has 1 aromatic carbocycles. The summed E-state index contributed by atoms with van der Waals surface area (Å²) >= 11 is 1.66. The molecule has 28 heavy (non-hydrogen) atoms. The summed E-state index contributed by atoms with van der Waals surface area (Å²) < 4.78 is 11.7. The first-order valence-corrected chi connectivity index (χ1v) is 10.2. The summed E-state index contributed by atoms with van der Waals surface area (Å²) in [4.78, 5) is 11.7. The highest BCUT2D eigenvalue weighted by molar-refractivity contribution is 7.22. The normalized spacial score (nSPS) is 11.2. The first kappa shape index (κ1) is 20.5. The van der Waals surface area contributed by atoms with Crippen LogP contribution < -0.4 is 10.2 Å². The second kappa shape index (κ2) is 9.32. The van der Waals surface area contributed by atoms with Crippen molar-refractivity contribution in [3.8, 4) is 0 Å². The van der Waals surface area contributed by atoms with Crippen molar-refractivity contribution in [2.75, 3.05) is 50.7 Å². The average Bonchev–Trinajstić information content (AvgIpc) is 3.08. The standard InChI is InChI=1S/C21H28N4O2S/c1-14-13-15(2)22-16(3)19(14)24-21-23-17-7-6-8-18(20(17)28-21)25(9-11-26-4)10-12-27-5/h6-8,13H,9-12H2,1-5H3,(H,23,24). The van der Waals surface area contributed by atoms with Crippen LogP contribution in [0.4, 0.5) is 16.5 Å². The van der Waals surface area contributed by atoms with Gasteiger partial charge in [-0.3, -0.25) is 4.98 Å². The lowest BCUT2D eigenvalue weighted by atomic mass is 10.2. The Morgan fingerprint density at radius 3 is 2.39 bits per heavy atom. The zero-order valence-corrected chi connectivity index (χ0v) is 18.0. The predicted molar refractivity (Wildman–Crippen MR) is 117 cm³/mol. The Morgan fingerprint density at radius 2 is 1.75 bits per heavy atom. The molecule has 2 heterocycles. The Labute approximate surface area is 170 Å². The van der Waals surface area contributed by atoms with Gasteiger partial charge in [0.05, 0.1) is 40.5 Å². The van der Waals surface area contributed by atoms with Crippen LogP contribution in [-0.4, -0.2) is 50.5 Å². The van der Waals surface area contributed by atoms with Gasteiger partial charge in [0.2, 0.25) is 0 Å². The quantitative estimate of drug-likeness (QED) is 0.572. The molecular formula is C21H28N4O2S. The third kappa shape index (κ3) is 4.60. The molecule has 0 bridgehead atoms. The van der Waals surface area contributed by atoms with Crippen molar-refractivity contribution in [2.45, 2.75) is 20.8 Å². The van der Waals surface area contributed by atoms with Gasteiger partial charge in [-0.2, -0.15) is 0 Å². The number of aromatic nitrogens is 2. The lowest BCUT2D eigenvalue weighted by Gasteiger charge is -2.24. The van der Waals surface area contributed by atoms with E-state index in [1.54, 1.807) is 25.6 Å². The number of fused-ring (bicyclic) bond motifs is 1. The van der Waals surface area contributed by atoms with E-state index in [1.807, 2.05) is 13.8 Å². The van der Waals surface area contributed by atoms with E-state index >= 15 is 0 Å². The second-order valence-corrected chi connectivity index (χ2v) is 7.78. The largest absolute Gasteiger partial charge is 0.383 e. The number of rotatable bonds is 9. The van der Waals surface area contributed by atoms with Gasteiger partial charge in [-0.05, 0) is 44.5 Å². The number of aryl methyl sites for hydroxylation is 3. The number of pyridine rings is 1. The predicted octanol–water partition coefficient (Wildman–Crippen LogP) is 4.46. The van der Waals surface area contributed by atoms with E-state index in [0.29, 0.717) is 13.2 Å². The van der Waals surface area contributed by atoms with E-state index in [9.17, 15) is 0 Å². The maximum Gasteiger partial charge on any atom is 0.188 e. The summed E-state index contributed by atoms with van der Waals surface area (Å²) in [5, 5.41) is 4.36. The smallest absolute Gasteiger partial charge is 0.188 e. The van der Waals surface area contributed by atoms with Crippen LogP contribution >= 0.6 is 11.3 Å². The van der Waals surface area contributed by atoms with E-state index in [0.717, 1.165) is 51.2 Å². The van der Waals surface area contributed by atoms with Crippen molar-refractivity contribution >= 4 is 38.1 Å². The van der Waals surface area contributed by atoms with Crippen molar-refractivity contribution < 1.29 is 9.47 Å². The van der Waals surface area contributed by atoms with Gasteiger partial charge in [0.25, 0.3) is 0 Å². The molecular weight excluding hydrogens is 372 g/mol. The number of anilines is 3. The number of nitrogens with zero attached hydrogens (tertiary/aromatic N) is 3. The first-order valence-electron chi connectivity index (χ1n) is 9.37. The summed E-state index contributed by atoms with van der Waals surface area (Å²) in [5.74, 6) is 0. The number of hydrogen-bond acceptors (Lipinski definition) is 7. The van der Waals surface area contributed by atoms with Crippen LogP contribution in [0.2, 0.25) is 0 Å². The fourth-order valence-electron chi connectivity index (χ4n) is 3.31. The van der Waals surface area contributed by atoms with E-state index < -0.39 is 0 Å². The Morgan fingerprint density at radius 1 is 1.04 bits per heavy atom. The molecule has 0 spiro atoms. The van der Waals surface area contributed by atoms with Gasteiger partial charge in [-0.15, -0.1) is 0 Å². The highest BCUT2D eigenvalue weighted by atomic mass is 32.1. The van der Waals surface area contributed by atoms with Crippen LogP contribution in [0.3, 0.4) is 0 Å².